The van der Waals surface area contributed by atoms with Crippen molar-refractivity contribution in [2.45, 2.75) is 203 Å². The van der Waals surface area contributed by atoms with Crippen LogP contribution in [0.3, 0.4) is 0 Å². The fourth-order valence-electron chi connectivity index (χ4n) is 18.6. The molecule has 5 aliphatic rings. The van der Waals surface area contributed by atoms with Crippen LogP contribution in [0.5, 0.6) is 0 Å². The van der Waals surface area contributed by atoms with Gasteiger partial charge in [0.05, 0.1) is 82.5 Å². The summed E-state index contributed by atoms with van der Waals surface area (Å²) < 4.78 is 4.76. The first-order valence-corrected chi connectivity index (χ1v) is 45.7. The molecule has 3 saturated heterocycles. The molecule has 662 valence electrons. The first-order chi connectivity index (χ1) is 61.0. The van der Waals surface area contributed by atoms with Crippen LogP contribution in [0.4, 0.5) is 17.5 Å². The zero-order chi connectivity index (χ0) is 91.8. The van der Waals surface area contributed by atoms with Gasteiger partial charge in [-0.3, -0.25) is 34.1 Å². The van der Waals surface area contributed by atoms with E-state index in [1.807, 2.05) is 161 Å². The van der Waals surface area contributed by atoms with Crippen LogP contribution < -0.4 is 31.8 Å². The highest BCUT2D eigenvalue weighted by Crippen LogP contribution is 2.48. The second kappa shape index (κ2) is 36.6. The number of aromatic nitrogens is 12. The highest BCUT2D eigenvalue weighted by atomic mass is 35.5. The molecule has 10 aromatic heterocycles. The van der Waals surface area contributed by atoms with Crippen molar-refractivity contribution >= 4 is 120 Å². The minimum atomic E-state index is -0.481. The van der Waals surface area contributed by atoms with E-state index in [1.165, 1.54) is 23.8 Å². The van der Waals surface area contributed by atoms with Crippen LogP contribution in [0, 0.1) is 34.6 Å². The summed E-state index contributed by atoms with van der Waals surface area (Å²) in [5.74, 6) is 1.95. The molecule has 128 heavy (non-hydrogen) atoms. The molecule has 2 aliphatic carbocycles. The lowest BCUT2D eigenvalue weighted by Gasteiger charge is -2.44. The average molecular weight is 1800 g/mol. The van der Waals surface area contributed by atoms with Crippen molar-refractivity contribution in [1.29, 1.82) is 0 Å². The molecule has 17 rings (SSSR count). The number of halogens is 3. The number of thiophene rings is 1. The van der Waals surface area contributed by atoms with Gasteiger partial charge < -0.3 is 29.4 Å². The van der Waals surface area contributed by atoms with E-state index in [-0.39, 0.29) is 77.5 Å². The Kier molecular flexibility index (Phi) is 26.0. The van der Waals surface area contributed by atoms with E-state index in [2.05, 4.69) is 105 Å². The number of fused-ring (bicyclic) bond motifs is 4. The minimum Gasteiger partial charge on any atom is -0.349 e. The van der Waals surface area contributed by atoms with Crippen LogP contribution >= 0.6 is 46.1 Å². The largest absolute Gasteiger partial charge is 0.355 e. The number of rotatable bonds is 16. The number of ketones is 1. The van der Waals surface area contributed by atoms with Gasteiger partial charge in [-0.25, -0.2) is 43.0 Å². The molecule has 3 amide bonds. The van der Waals surface area contributed by atoms with Gasteiger partial charge in [0.25, 0.3) is 0 Å². The van der Waals surface area contributed by atoms with E-state index in [0.29, 0.717) is 158 Å². The normalized spacial score (nSPS) is 18.2. The molecule has 13 heterocycles. The van der Waals surface area contributed by atoms with Crippen molar-refractivity contribution in [1.82, 2.24) is 73.3 Å². The Morgan fingerprint density at radius 3 is 1.16 bits per heavy atom. The number of aryl methyl sites for hydroxylation is 5. The number of benzene rings is 2. The van der Waals surface area contributed by atoms with Gasteiger partial charge in [0.15, 0.2) is 16.9 Å². The number of carbonyl (C=O) groups excluding carboxylic acids is 4. The third-order valence-corrected chi connectivity index (χ3v) is 27.0. The number of pyridine rings is 6. The van der Waals surface area contributed by atoms with Crippen LogP contribution in [-0.2, 0) is 32.0 Å². The van der Waals surface area contributed by atoms with Crippen LogP contribution in [-0.4, -0.2) is 172 Å². The van der Waals surface area contributed by atoms with Crippen molar-refractivity contribution in [3.63, 3.8) is 0 Å². The molecule has 3 aliphatic heterocycles. The quantitative estimate of drug-likeness (QED) is 0.0813. The number of Topliss-reactive ketones (excluding diaryl/α,β-unsaturated/α-hetero) is 1. The first kappa shape index (κ1) is 90.8. The standard InChI is InChI=1S/C35H37ClN6O3.C34H37ClN6O2.C30H33ClN6O2S/c1-8-28(44)40-16-22(7)41(17-21(40)6)33-26-15-27(36)31(29-19(4)9-10-23-13-24(43)14-25(23)29)38-34(26)42(35(45)39-33)32-20(5)11-12-37-30(32)18(2)3;1-7-28(42)39-17-22(6)40(18-21(39)5)32-26-16-27(35)30(25-11-9-8-10-24(25)23-12-13-23)37-33(26)41(34(43)38-32)31-20(4)14-15-36-29(31)19(2)3;1-8-24(38)35-14-19(6)36(15-18(35)5)28-22-13-23(31)26(21-10-12-40-20(21)7)33-29(22)37(30(39)34-28)27-17(4)9-11-32-25(27)16(2)3/h8-12,15,18,21-22H,1,13-14,16-17H2,2-7H3;7-11,14-16,19,21-23H,1,12-13,17-18H2,2-6H3;8-13,16,18-19H,1,14-15H2,2-7H3. The van der Waals surface area contributed by atoms with E-state index in [9.17, 15) is 33.6 Å². The Balaban J connectivity index is 0.000000148. The van der Waals surface area contributed by atoms with Crippen LogP contribution in [0.15, 0.2) is 155 Å². The Labute approximate surface area is 764 Å². The average Bonchev–Trinajstić information content (AvgIpc) is 0.845. The molecule has 4 fully saturated rings. The zero-order valence-corrected chi connectivity index (χ0v) is 78.5. The number of amides is 3. The lowest BCUT2D eigenvalue weighted by molar-refractivity contribution is -0.129. The van der Waals surface area contributed by atoms with Crippen molar-refractivity contribution in [3.8, 4) is 50.8 Å². The molecule has 2 aromatic carbocycles. The Morgan fingerprint density at radius 2 is 0.805 bits per heavy atom. The highest BCUT2D eigenvalue weighted by Gasteiger charge is 2.40. The van der Waals surface area contributed by atoms with E-state index >= 15 is 0 Å². The third kappa shape index (κ3) is 17.0. The van der Waals surface area contributed by atoms with Crippen molar-refractivity contribution < 1.29 is 19.2 Å². The number of hydrogen-bond acceptors (Lipinski definition) is 20. The summed E-state index contributed by atoms with van der Waals surface area (Å²) >= 11 is 22.7. The highest BCUT2D eigenvalue weighted by molar-refractivity contribution is 7.10. The summed E-state index contributed by atoms with van der Waals surface area (Å²) in [6, 6.07) is 24.8. The maximum absolute atomic E-state index is 14.3. The van der Waals surface area contributed by atoms with Gasteiger partial charge in [-0.1, -0.05) is 132 Å². The van der Waals surface area contributed by atoms with Crippen LogP contribution in [0.25, 0.3) is 83.9 Å². The van der Waals surface area contributed by atoms with Crippen molar-refractivity contribution in [3.05, 3.63) is 248 Å². The maximum atomic E-state index is 14.3. The summed E-state index contributed by atoms with van der Waals surface area (Å²) in [4.78, 5) is 149. The predicted octanol–water partition coefficient (Wildman–Crippen LogP) is 17.8. The fourth-order valence-corrected chi connectivity index (χ4v) is 20.0. The van der Waals surface area contributed by atoms with Crippen LogP contribution in [0.2, 0.25) is 15.1 Å². The fraction of sp³-hybridized carbons (Fsp3) is 0.374. The van der Waals surface area contributed by atoms with Crippen LogP contribution in [0.1, 0.15) is 181 Å². The third-order valence-electron chi connectivity index (χ3n) is 25.3. The Bertz CT molecular complexity index is 6730. The molecular formula is C99H107Cl3N18O7S. The Morgan fingerprint density at radius 1 is 0.438 bits per heavy atom. The summed E-state index contributed by atoms with van der Waals surface area (Å²) in [7, 11) is 0. The molecule has 12 aromatic rings. The van der Waals surface area contributed by atoms with E-state index in [1.54, 1.807) is 53.4 Å². The van der Waals surface area contributed by atoms with Gasteiger partial charge in [-0.2, -0.15) is 15.0 Å². The van der Waals surface area contributed by atoms with Gasteiger partial charge in [-0.05, 0) is 218 Å². The predicted molar refractivity (Wildman–Crippen MR) is 513 cm³/mol. The molecule has 0 N–H and O–H groups in total. The molecule has 29 heteroatoms. The second-order valence-electron chi connectivity index (χ2n) is 35.5. The summed E-state index contributed by atoms with van der Waals surface area (Å²) in [5, 5.41) is 5.36. The van der Waals surface area contributed by atoms with E-state index < -0.39 is 17.1 Å². The number of carbonyl (C=O) groups is 4. The number of hydrogen-bond donors (Lipinski definition) is 0. The number of anilines is 3. The summed E-state index contributed by atoms with van der Waals surface area (Å²) in [6.45, 7) is 48.1. The molecule has 6 atom stereocenters. The van der Waals surface area contributed by atoms with Crippen molar-refractivity contribution in [2.24, 2.45) is 0 Å². The van der Waals surface area contributed by atoms with Gasteiger partial charge in [0.2, 0.25) is 17.7 Å². The number of nitrogens with zero attached hydrogens (tertiary/aromatic N) is 18. The molecular weight excluding hydrogens is 1690 g/mol. The smallest absolute Gasteiger partial charge is 0.349 e. The second-order valence-corrected chi connectivity index (χ2v) is 37.8. The molecule has 0 radical (unpaired) electrons. The van der Waals surface area contributed by atoms with Gasteiger partial charge in [0, 0.05) is 129 Å². The maximum Gasteiger partial charge on any atom is 0.355 e. The van der Waals surface area contributed by atoms with E-state index in [4.69, 9.17) is 54.7 Å². The SMILES string of the molecule is C=CC(=O)N1CC(C)N(c2nc(=O)n(-c3c(C)ccnc3C(C)C)c3nc(-c4c(C)ccc5c4CC(=O)C5)c(Cl)cc23)CC1C.C=CC(=O)N1CC(C)N(c2nc(=O)n(-c3c(C)ccnc3C(C)C)c3nc(-c4ccccc4C4CC4)c(Cl)cc23)CC1C.C=CC(=O)N1CC(C)N(c2nc(=O)n(-c3c(C)ccnc3C(C)C)c3nc(-c4ccsc4C)c(Cl)cc23)CC1C. The van der Waals surface area contributed by atoms with Gasteiger partial charge >= 0.3 is 17.1 Å². The van der Waals surface area contributed by atoms with Gasteiger partial charge in [0.1, 0.15) is 23.2 Å². The first-order valence-electron chi connectivity index (χ1n) is 43.7. The molecule has 6 unspecified atom stereocenters. The molecule has 1 saturated carbocycles. The van der Waals surface area contributed by atoms with E-state index in [0.717, 1.165) is 84.9 Å². The lowest BCUT2D eigenvalue weighted by atomic mass is 9.95. The zero-order valence-electron chi connectivity index (χ0n) is 75.5. The van der Waals surface area contributed by atoms with Gasteiger partial charge in [-0.15, -0.1) is 11.3 Å². The topological polar surface area (TPSA) is 270 Å². The summed E-state index contributed by atoms with van der Waals surface area (Å²) in [5.41, 5.74) is 15.7. The molecule has 0 spiro atoms. The lowest BCUT2D eigenvalue weighted by Crippen LogP contribution is -2.58. The minimum absolute atomic E-state index is 0.0234. The molecule has 25 nitrogen and oxygen atoms in total. The summed E-state index contributed by atoms with van der Waals surface area (Å²) in [6.07, 6.45) is 12.3. The monoisotopic (exact) mass is 1800 g/mol. The van der Waals surface area contributed by atoms with Crippen molar-refractivity contribution in [2.75, 3.05) is 54.0 Å². The Hall–Kier alpha value is -12.0. The molecule has 0 bridgehead atoms. The number of piperazine rings is 3.